The molecule has 1 aliphatic rings. The van der Waals surface area contributed by atoms with Crippen molar-refractivity contribution in [3.63, 3.8) is 0 Å². The number of fused-ring (bicyclic) bond motifs is 1. The predicted octanol–water partition coefficient (Wildman–Crippen LogP) is 1.84. The van der Waals surface area contributed by atoms with E-state index in [0.717, 1.165) is 19.3 Å². The van der Waals surface area contributed by atoms with Crippen LogP contribution in [0.15, 0.2) is 35.3 Å². The van der Waals surface area contributed by atoms with Gasteiger partial charge in [-0.05, 0) is 37.5 Å². The second-order valence-corrected chi connectivity index (χ2v) is 7.24. The number of H-pyrrole nitrogens is 1. The number of anilines is 1. The van der Waals surface area contributed by atoms with Gasteiger partial charge in [-0.2, -0.15) is 0 Å². The fourth-order valence-electron chi connectivity index (χ4n) is 2.64. The van der Waals surface area contributed by atoms with Crippen LogP contribution in [0.25, 0.3) is 10.9 Å². The maximum absolute atomic E-state index is 12.2. The lowest BCUT2D eigenvalue weighted by atomic mass is 10.1. The van der Waals surface area contributed by atoms with Crippen LogP contribution in [-0.2, 0) is 14.8 Å². The van der Waals surface area contributed by atoms with Crippen molar-refractivity contribution < 1.29 is 13.2 Å². The van der Waals surface area contributed by atoms with E-state index in [0.29, 0.717) is 23.2 Å². The van der Waals surface area contributed by atoms with Gasteiger partial charge in [-0.3, -0.25) is 9.52 Å². The molecule has 1 aromatic carbocycles. The maximum atomic E-state index is 12.2. The Morgan fingerprint density at radius 1 is 1.27 bits per heavy atom. The van der Waals surface area contributed by atoms with E-state index in [1.54, 1.807) is 24.4 Å². The number of nitrogens with one attached hydrogen (secondary N) is 2. The molecular weight excluding hydrogens is 304 g/mol. The van der Waals surface area contributed by atoms with Gasteiger partial charge in [-0.1, -0.05) is 0 Å². The highest BCUT2D eigenvalue weighted by Crippen LogP contribution is 2.18. The molecule has 118 valence electrons. The lowest BCUT2D eigenvalue weighted by molar-refractivity contribution is 0.0306. The van der Waals surface area contributed by atoms with Crippen LogP contribution in [-0.4, -0.2) is 31.9 Å². The van der Waals surface area contributed by atoms with E-state index in [-0.39, 0.29) is 17.3 Å². The third kappa shape index (κ3) is 3.48. The molecule has 1 unspecified atom stereocenters. The molecule has 0 saturated carbocycles. The monoisotopic (exact) mass is 322 g/mol. The standard InChI is InChI=1S/C15H18N2O4S/c18-15-6-7-16-14-5-4-11(9-13(14)15)17-22(19,20)10-12-3-1-2-8-21-12/h4-7,9,12,17H,1-3,8,10H2,(H,16,18). The van der Waals surface area contributed by atoms with E-state index in [9.17, 15) is 13.2 Å². The van der Waals surface area contributed by atoms with Crippen LogP contribution in [0.5, 0.6) is 0 Å². The highest BCUT2D eigenvalue weighted by Gasteiger charge is 2.22. The van der Waals surface area contributed by atoms with Crippen LogP contribution in [0.2, 0.25) is 0 Å². The van der Waals surface area contributed by atoms with Crippen molar-refractivity contribution >= 4 is 26.6 Å². The summed E-state index contributed by atoms with van der Waals surface area (Å²) in [7, 11) is -3.50. The summed E-state index contributed by atoms with van der Waals surface area (Å²) >= 11 is 0. The molecule has 2 heterocycles. The van der Waals surface area contributed by atoms with Crippen molar-refractivity contribution in [2.45, 2.75) is 25.4 Å². The van der Waals surface area contributed by atoms with Gasteiger partial charge in [0.25, 0.3) is 0 Å². The van der Waals surface area contributed by atoms with Crippen LogP contribution in [0.3, 0.4) is 0 Å². The van der Waals surface area contributed by atoms with Gasteiger partial charge in [0.1, 0.15) is 0 Å². The van der Waals surface area contributed by atoms with Crippen molar-refractivity contribution in [3.8, 4) is 0 Å². The largest absolute Gasteiger partial charge is 0.377 e. The van der Waals surface area contributed by atoms with Crippen LogP contribution < -0.4 is 10.2 Å². The van der Waals surface area contributed by atoms with Crippen molar-refractivity contribution in [1.82, 2.24) is 4.98 Å². The summed E-state index contributed by atoms with van der Waals surface area (Å²) in [5.74, 6) is -0.0593. The van der Waals surface area contributed by atoms with Gasteiger partial charge in [0.2, 0.25) is 10.0 Å². The molecule has 0 amide bonds. The number of hydrogen-bond acceptors (Lipinski definition) is 4. The Hall–Kier alpha value is -1.86. The Labute approximate surface area is 128 Å². The second kappa shape index (κ2) is 6.10. The maximum Gasteiger partial charge on any atom is 0.235 e. The van der Waals surface area contributed by atoms with Gasteiger partial charge in [-0.25, -0.2) is 8.42 Å². The zero-order valence-corrected chi connectivity index (χ0v) is 12.9. The van der Waals surface area contributed by atoms with Gasteiger partial charge in [0.05, 0.1) is 11.9 Å². The Kier molecular flexibility index (Phi) is 4.17. The molecule has 0 spiro atoms. The number of ether oxygens (including phenoxy) is 1. The lowest BCUT2D eigenvalue weighted by Gasteiger charge is -2.22. The van der Waals surface area contributed by atoms with Gasteiger partial charge in [0, 0.05) is 35.5 Å². The number of pyridine rings is 1. The molecule has 1 aromatic heterocycles. The van der Waals surface area contributed by atoms with Gasteiger partial charge >= 0.3 is 0 Å². The second-order valence-electron chi connectivity index (χ2n) is 5.47. The summed E-state index contributed by atoms with van der Waals surface area (Å²) in [6.45, 7) is 0.617. The highest BCUT2D eigenvalue weighted by molar-refractivity contribution is 7.92. The fourth-order valence-corrected chi connectivity index (χ4v) is 3.96. The minimum atomic E-state index is -3.50. The molecule has 22 heavy (non-hydrogen) atoms. The molecule has 0 radical (unpaired) electrons. The summed E-state index contributed by atoms with van der Waals surface area (Å²) < 4.78 is 32.4. The Morgan fingerprint density at radius 2 is 2.14 bits per heavy atom. The molecule has 0 aliphatic carbocycles. The first kappa shape index (κ1) is 15.1. The van der Waals surface area contributed by atoms with E-state index in [4.69, 9.17) is 4.74 Å². The van der Waals surface area contributed by atoms with Crippen LogP contribution in [0.4, 0.5) is 5.69 Å². The molecule has 3 rings (SSSR count). The summed E-state index contributed by atoms with van der Waals surface area (Å²) in [6.07, 6.45) is 4.05. The third-order valence-corrected chi connectivity index (χ3v) is 5.07. The summed E-state index contributed by atoms with van der Waals surface area (Å²) in [6, 6.07) is 6.28. The highest BCUT2D eigenvalue weighted by atomic mass is 32.2. The smallest absolute Gasteiger partial charge is 0.235 e. The molecular formula is C15H18N2O4S. The molecule has 0 bridgehead atoms. The van der Waals surface area contributed by atoms with Crippen LogP contribution >= 0.6 is 0 Å². The van der Waals surface area contributed by atoms with Crippen molar-refractivity contribution in [3.05, 3.63) is 40.7 Å². The average molecular weight is 322 g/mol. The first-order chi connectivity index (χ1) is 10.5. The van der Waals surface area contributed by atoms with Gasteiger partial charge < -0.3 is 9.72 Å². The Morgan fingerprint density at radius 3 is 2.91 bits per heavy atom. The third-order valence-electron chi connectivity index (χ3n) is 3.71. The van der Waals surface area contributed by atoms with Crippen molar-refractivity contribution in [1.29, 1.82) is 0 Å². The lowest BCUT2D eigenvalue weighted by Crippen LogP contribution is -2.30. The SMILES string of the molecule is O=c1cc[nH]c2ccc(NS(=O)(=O)CC3CCCCO3)cc12. The number of benzene rings is 1. The van der Waals surface area contributed by atoms with Crippen LogP contribution in [0.1, 0.15) is 19.3 Å². The van der Waals surface area contributed by atoms with Gasteiger partial charge in [-0.15, -0.1) is 0 Å². The normalized spacial score (nSPS) is 19.2. The molecule has 1 saturated heterocycles. The first-order valence-corrected chi connectivity index (χ1v) is 8.92. The molecule has 6 nitrogen and oxygen atoms in total. The van der Waals surface area contributed by atoms with Crippen LogP contribution in [0, 0.1) is 0 Å². The zero-order valence-electron chi connectivity index (χ0n) is 12.0. The summed E-state index contributed by atoms with van der Waals surface area (Å²) in [5, 5.41) is 0.455. The van der Waals surface area contributed by atoms with Crippen molar-refractivity contribution in [2.24, 2.45) is 0 Å². The number of hydrogen-bond donors (Lipinski definition) is 2. The number of sulfonamides is 1. The topological polar surface area (TPSA) is 88.3 Å². The molecule has 1 atom stereocenters. The number of aromatic amines is 1. The van der Waals surface area contributed by atoms with Crippen molar-refractivity contribution in [2.75, 3.05) is 17.1 Å². The molecule has 2 aromatic rings. The number of rotatable bonds is 4. The van der Waals surface area contributed by atoms with E-state index in [1.807, 2.05) is 0 Å². The Bertz CT molecular complexity index is 823. The minimum Gasteiger partial charge on any atom is -0.377 e. The molecule has 7 heteroatoms. The summed E-state index contributed by atoms with van der Waals surface area (Å²) in [5.41, 5.74) is 0.913. The predicted molar refractivity (Wildman–Crippen MR) is 85.6 cm³/mol. The molecule has 1 aliphatic heterocycles. The van der Waals surface area contributed by atoms with E-state index < -0.39 is 10.0 Å². The first-order valence-electron chi connectivity index (χ1n) is 7.27. The van der Waals surface area contributed by atoms with E-state index >= 15 is 0 Å². The van der Waals surface area contributed by atoms with E-state index in [2.05, 4.69) is 9.71 Å². The average Bonchev–Trinajstić information content (AvgIpc) is 2.48. The summed E-state index contributed by atoms with van der Waals surface area (Å²) in [4.78, 5) is 14.7. The van der Waals surface area contributed by atoms with E-state index in [1.165, 1.54) is 6.07 Å². The Balaban J connectivity index is 1.79. The molecule has 2 N–H and O–H groups in total. The number of aromatic nitrogens is 1. The van der Waals surface area contributed by atoms with Gasteiger partial charge in [0.15, 0.2) is 5.43 Å². The minimum absolute atomic E-state index is 0.0593. The molecule has 1 fully saturated rings. The fraction of sp³-hybridized carbons (Fsp3) is 0.400. The zero-order chi connectivity index (χ0) is 15.6. The quantitative estimate of drug-likeness (QED) is 0.899.